The molecule has 0 heterocycles. The molecule has 0 aromatic rings. The molecule has 1 fully saturated rings. The third kappa shape index (κ3) is 11.2. The van der Waals surface area contributed by atoms with Crippen LogP contribution in [0, 0.1) is 0 Å². The van der Waals surface area contributed by atoms with E-state index in [2.05, 4.69) is 0 Å². The molecule has 3 N–H and O–H groups in total. The van der Waals surface area contributed by atoms with E-state index in [1.807, 2.05) is 0 Å². The van der Waals surface area contributed by atoms with Gasteiger partial charge in [0.1, 0.15) is 0 Å². The van der Waals surface area contributed by atoms with Crippen molar-refractivity contribution in [2.45, 2.75) is 38.1 Å². The molecule has 1 aliphatic rings. The molecule has 2 nitrogen and oxygen atoms in total. The van der Waals surface area contributed by atoms with E-state index >= 15 is 0 Å². The maximum Gasteiger partial charge on any atom is 4.00 e. The van der Waals surface area contributed by atoms with Crippen LogP contribution in [0.2, 0.25) is 0 Å². The van der Waals surface area contributed by atoms with E-state index < -0.39 is 0 Å². The van der Waals surface area contributed by atoms with Crippen LogP contribution in [-0.4, -0.2) is 6.04 Å². The van der Waals surface area contributed by atoms with Crippen LogP contribution in [0.1, 0.15) is 32.1 Å². The van der Waals surface area contributed by atoms with Gasteiger partial charge in [-0.15, -0.1) is 6.04 Å². The van der Waals surface area contributed by atoms with Crippen molar-refractivity contribution in [1.29, 1.82) is 0 Å². The van der Waals surface area contributed by atoms with Crippen molar-refractivity contribution in [3.63, 3.8) is 0 Å². The molecule has 11 heavy (non-hydrogen) atoms. The van der Waals surface area contributed by atoms with Crippen LogP contribution in [0.4, 0.5) is 0 Å². The van der Waals surface area contributed by atoms with Gasteiger partial charge in [0.2, 0.25) is 0 Å². The summed E-state index contributed by atoms with van der Waals surface area (Å²) in [5, 5.41) is 0. The predicted octanol–water partition coefficient (Wildman–Crippen LogP) is -2.91. The fourth-order valence-corrected chi connectivity index (χ4v) is 1.10. The molecule has 0 unspecified atom stereocenters. The Morgan fingerprint density at radius 1 is 0.909 bits per heavy atom. The standard InChI is InChI=1S/C6H12N.2ClH.H2N.Pt/c7-6-4-2-1-3-5-6;;;;/h6-7H,1-5H2;2*1H;1H2;/q-1;;;-1;+4/p-2. The topological polar surface area (TPSA) is 57.3 Å². The van der Waals surface area contributed by atoms with Gasteiger partial charge in [0.05, 0.1) is 0 Å². The Bertz CT molecular complexity index is 60.5. The van der Waals surface area contributed by atoms with Crippen molar-refractivity contribution < 1.29 is 45.9 Å². The van der Waals surface area contributed by atoms with Gasteiger partial charge < -0.3 is 36.7 Å². The fourth-order valence-electron chi connectivity index (χ4n) is 1.10. The SMILES string of the molecule is [Cl-].[Cl-].[NH-]C1CCCCC1.[NH2-].[Pt+4]. The van der Waals surface area contributed by atoms with Gasteiger partial charge in [0.15, 0.2) is 0 Å². The van der Waals surface area contributed by atoms with Gasteiger partial charge in [0.25, 0.3) is 0 Å². The van der Waals surface area contributed by atoms with E-state index in [1.165, 1.54) is 19.3 Å². The van der Waals surface area contributed by atoms with Crippen LogP contribution in [0.5, 0.6) is 0 Å². The van der Waals surface area contributed by atoms with Gasteiger partial charge in [0, 0.05) is 0 Å². The number of rotatable bonds is 0. The second kappa shape index (κ2) is 13.8. The van der Waals surface area contributed by atoms with Gasteiger partial charge in [-0.05, 0) is 0 Å². The largest absolute Gasteiger partial charge is 4.00 e. The zero-order chi connectivity index (χ0) is 5.11. The Morgan fingerprint density at radius 3 is 1.45 bits per heavy atom. The summed E-state index contributed by atoms with van der Waals surface area (Å²) in [7, 11) is 0. The minimum absolute atomic E-state index is 0. The Morgan fingerprint density at radius 2 is 1.27 bits per heavy atom. The molecule has 0 atom stereocenters. The minimum atomic E-state index is 0. The maximum atomic E-state index is 7.27. The van der Waals surface area contributed by atoms with Crippen LogP contribution in [0.3, 0.4) is 0 Å². The summed E-state index contributed by atoms with van der Waals surface area (Å²) in [6, 6.07) is 0.286. The average Bonchev–Trinajstić information content (AvgIpc) is 1.69. The summed E-state index contributed by atoms with van der Waals surface area (Å²) >= 11 is 0. The van der Waals surface area contributed by atoms with Crippen LogP contribution in [0.15, 0.2) is 0 Å². The Balaban J connectivity index is -0.0000000612. The first-order chi connectivity index (χ1) is 3.39. The van der Waals surface area contributed by atoms with Gasteiger partial charge in [-0.25, -0.2) is 0 Å². The summed E-state index contributed by atoms with van der Waals surface area (Å²) in [6.07, 6.45) is 6.28. The quantitative estimate of drug-likeness (QED) is 0.433. The molecule has 0 bridgehead atoms. The summed E-state index contributed by atoms with van der Waals surface area (Å²) in [6.45, 7) is 0. The average molecular weight is 380 g/mol. The van der Waals surface area contributed by atoms with Gasteiger partial charge in [-0.2, -0.15) is 0 Å². The normalized spacial score (nSPS) is 16.1. The molecule has 5 heteroatoms. The Hall–Kier alpha value is 1.19. The van der Waals surface area contributed by atoms with Gasteiger partial charge in [-0.1, -0.05) is 32.1 Å². The number of nitrogens with two attached hydrogens (primary N) is 1. The fraction of sp³-hybridized carbons (Fsp3) is 1.00. The van der Waals surface area contributed by atoms with Gasteiger partial charge >= 0.3 is 21.1 Å². The Labute approximate surface area is 95.7 Å². The molecule has 0 amide bonds. The number of halogens is 2. The third-order valence-corrected chi connectivity index (χ3v) is 1.61. The molecule has 0 aromatic carbocycles. The van der Waals surface area contributed by atoms with Crippen LogP contribution < -0.4 is 24.8 Å². The molecular formula is C6H14Cl2N2Pt. The van der Waals surface area contributed by atoms with E-state index in [1.54, 1.807) is 0 Å². The molecule has 0 aliphatic heterocycles. The minimum Gasteiger partial charge on any atom is -1.00 e. The van der Waals surface area contributed by atoms with Crippen LogP contribution in [-0.2, 0) is 21.1 Å². The van der Waals surface area contributed by atoms with Crippen molar-refractivity contribution in [1.82, 2.24) is 0 Å². The maximum absolute atomic E-state index is 7.27. The monoisotopic (exact) mass is 379 g/mol. The number of hydrogen-bond acceptors (Lipinski definition) is 0. The van der Waals surface area contributed by atoms with Crippen molar-refractivity contribution in [2.24, 2.45) is 0 Å². The molecule has 1 saturated carbocycles. The van der Waals surface area contributed by atoms with E-state index in [9.17, 15) is 0 Å². The summed E-state index contributed by atoms with van der Waals surface area (Å²) in [5.41, 5.74) is 7.27. The van der Waals surface area contributed by atoms with E-state index in [-0.39, 0.29) is 58.1 Å². The molecule has 0 aromatic heterocycles. The summed E-state index contributed by atoms with van der Waals surface area (Å²) in [4.78, 5) is 0. The zero-order valence-electron chi connectivity index (χ0n) is 6.26. The number of hydrogen-bond donors (Lipinski definition) is 0. The first kappa shape index (κ1) is 22.8. The molecule has 0 spiro atoms. The van der Waals surface area contributed by atoms with Crippen molar-refractivity contribution >= 4 is 0 Å². The summed E-state index contributed by atoms with van der Waals surface area (Å²) < 4.78 is 0. The molecular weight excluding hydrogens is 366 g/mol. The van der Waals surface area contributed by atoms with Crippen molar-refractivity contribution in [2.75, 3.05) is 0 Å². The molecule has 72 valence electrons. The Kier molecular flexibility index (Phi) is 28.5. The van der Waals surface area contributed by atoms with E-state index in [0.29, 0.717) is 0 Å². The zero-order valence-corrected chi connectivity index (χ0v) is 10.0. The molecule has 0 radical (unpaired) electrons. The molecule has 1 aliphatic carbocycles. The molecule has 0 saturated heterocycles. The van der Waals surface area contributed by atoms with Crippen LogP contribution in [0.25, 0.3) is 11.9 Å². The first-order valence-corrected chi connectivity index (χ1v) is 3.11. The van der Waals surface area contributed by atoms with Gasteiger partial charge in [-0.3, -0.25) is 0 Å². The van der Waals surface area contributed by atoms with Crippen LogP contribution >= 0.6 is 0 Å². The second-order valence-electron chi connectivity index (χ2n) is 2.33. The van der Waals surface area contributed by atoms with E-state index in [0.717, 1.165) is 12.8 Å². The predicted molar refractivity (Wildman–Crippen MR) is 36.5 cm³/mol. The van der Waals surface area contributed by atoms with Crippen molar-refractivity contribution in [3.05, 3.63) is 11.9 Å². The first-order valence-electron chi connectivity index (χ1n) is 3.11. The number of nitrogens with one attached hydrogen (secondary N) is 1. The van der Waals surface area contributed by atoms with Crippen molar-refractivity contribution in [3.8, 4) is 0 Å². The van der Waals surface area contributed by atoms with E-state index in [4.69, 9.17) is 5.73 Å². The second-order valence-corrected chi connectivity index (χ2v) is 2.33. The smallest absolute Gasteiger partial charge is 1.00 e. The summed E-state index contributed by atoms with van der Waals surface area (Å²) in [5.74, 6) is 0. The molecule has 1 rings (SSSR count). The third-order valence-electron chi connectivity index (χ3n) is 1.61.